The summed E-state index contributed by atoms with van der Waals surface area (Å²) in [5.74, 6) is -2.35. The Morgan fingerprint density at radius 1 is 0.730 bits per heavy atom. The lowest BCUT2D eigenvalue weighted by Gasteiger charge is -2.22. The number of halogens is 1. The molecule has 0 bridgehead atoms. The zero-order chi connectivity index (χ0) is 27.2. The van der Waals surface area contributed by atoms with E-state index in [1.165, 1.54) is 13.8 Å². The second kappa shape index (κ2) is 15.2. The molecule has 0 unspecified atom stereocenters. The molecule has 2 rings (SSSR count). The Hall–Kier alpha value is -3.93. The lowest BCUT2D eigenvalue weighted by Crippen LogP contribution is -2.57. The highest BCUT2D eigenvalue weighted by molar-refractivity contribution is 9.09. The third kappa shape index (κ3) is 10.7. The van der Waals surface area contributed by atoms with Crippen LogP contribution in [0.3, 0.4) is 0 Å². The van der Waals surface area contributed by atoms with Crippen molar-refractivity contribution >= 4 is 45.7 Å². The van der Waals surface area contributed by atoms with Crippen LogP contribution in [0.4, 0.5) is 4.79 Å². The van der Waals surface area contributed by atoms with Crippen molar-refractivity contribution < 1.29 is 28.7 Å². The van der Waals surface area contributed by atoms with Gasteiger partial charge in [-0.1, -0.05) is 76.6 Å². The number of rotatable bonds is 11. The smallest absolute Gasteiger partial charge is 0.408 e. The van der Waals surface area contributed by atoms with Crippen molar-refractivity contribution in [3.63, 3.8) is 0 Å². The van der Waals surface area contributed by atoms with Crippen molar-refractivity contribution in [2.75, 3.05) is 5.33 Å². The summed E-state index contributed by atoms with van der Waals surface area (Å²) in [6.07, 6.45) is -0.636. The lowest BCUT2D eigenvalue weighted by molar-refractivity contribution is -0.133. The number of amides is 5. The molecule has 12 heteroatoms. The van der Waals surface area contributed by atoms with Crippen molar-refractivity contribution in [2.45, 2.75) is 45.0 Å². The maximum Gasteiger partial charge on any atom is 0.408 e. The lowest BCUT2D eigenvalue weighted by atomic mass is 10.0. The van der Waals surface area contributed by atoms with Gasteiger partial charge >= 0.3 is 6.09 Å². The predicted octanol–water partition coefficient (Wildman–Crippen LogP) is 1.08. The van der Waals surface area contributed by atoms with E-state index in [2.05, 4.69) is 42.7 Å². The SMILES string of the molecule is C[C@H](NC(=O)OCc1ccccc1)C(=O)N[C@@H](C)C(=O)N[C@@H](Cc1ccccc1)C(=O)NNC(=O)CBr. The Kier molecular flexibility index (Phi) is 12.1. The Labute approximate surface area is 223 Å². The van der Waals surface area contributed by atoms with Crippen molar-refractivity contribution in [3.8, 4) is 0 Å². The summed E-state index contributed by atoms with van der Waals surface area (Å²) < 4.78 is 5.10. The molecule has 0 aliphatic heterocycles. The van der Waals surface area contributed by atoms with Crippen LogP contribution in [0.5, 0.6) is 0 Å². The standard InChI is InChI=1S/C25H30BrN5O6/c1-16(27-22(33)17(2)28-25(36)37-15-19-11-7-4-8-12-19)23(34)29-20(13-18-9-5-3-6-10-18)24(35)31-30-21(32)14-26/h3-12,16-17,20H,13-15H2,1-2H3,(H,27,33)(H,28,36)(H,29,34)(H,30,32)(H,31,35)/t16-,17-,20-/m0/s1. The van der Waals surface area contributed by atoms with Crippen LogP contribution in [0.15, 0.2) is 60.7 Å². The van der Waals surface area contributed by atoms with Gasteiger partial charge in [-0.2, -0.15) is 0 Å². The molecule has 0 spiro atoms. The predicted molar refractivity (Wildman–Crippen MR) is 139 cm³/mol. The molecule has 0 aliphatic carbocycles. The fraction of sp³-hybridized carbons (Fsp3) is 0.320. The maximum absolute atomic E-state index is 12.8. The first-order chi connectivity index (χ1) is 17.7. The van der Waals surface area contributed by atoms with Gasteiger partial charge in [0.25, 0.3) is 5.91 Å². The summed E-state index contributed by atoms with van der Waals surface area (Å²) >= 11 is 2.98. The average molecular weight is 576 g/mol. The summed E-state index contributed by atoms with van der Waals surface area (Å²) in [5, 5.41) is 7.48. The van der Waals surface area contributed by atoms with Gasteiger partial charge in [-0.25, -0.2) is 4.79 Å². The van der Waals surface area contributed by atoms with Crippen LogP contribution in [0.25, 0.3) is 0 Å². The summed E-state index contributed by atoms with van der Waals surface area (Å²) in [7, 11) is 0. The van der Waals surface area contributed by atoms with Gasteiger partial charge in [-0.05, 0) is 25.0 Å². The van der Waals surface area contributed by atoms with E-state index in [4.69, 9.17) is 4.74 Å². The fourth-order valence-corrected chi connectivity index (χ4v) is 3.16. The molecule has 3 atom stereocenters. The van der Waals surface area contributed by atoms with E-state index in [-0.39, 0.29) is 18.4 Å². The summed E-state index contributed by atoms with van der Waals surface area (Å²) in [4.78, 5) is 61.4. The number of carbonyl (C=O) groups is 5. The van der Waals surface area contributed by atoms with Crippen LogP contribution in [0, 0.1) is 0 Å². The summed E-state index contributed by atoms with van der Waals surface area (Å²) in [5.41, 5.74) is 6.07. The first kappa shape index (κ1) is 29.3. The van der Waals surface area contributed by atoms with Gasteiger partial charge in [0.2, 0.25) is 17.7 Å². The number of nitrogens with one attached hydrogen (secondary N) is 5. The first-order valence-electron chi connectivity index (χ1n) is 11.5. The number of alkyl carbamates (subject to hydrolysis) is 1. The van der Waals surface area contributed by atoms with E-state index in [9.17, 15) is 24.0 Å². The van der Waals surface area contributed by atoms with Gasteiger partial charge in [0, 0.05) is 6.42 Å². The summed E-state index contributed by atoms with van der Waals surface area (Å²) in [6.45, 7) is 2.93. The Bertz CT molecular complexity index is 1070. The van der Waals surface area contributed by atoms with E-state index < -0.39 is 47.8 Å². The molecule has 11 nitrogen and oxygen atoms in total. The summed E-state index contributed by atoms with van der Waals surface area (Å²) in [6, 6.07) is 15.0. The Balaban J connectivity index is 1.90. The van der Waals surface area contributed by atoms with E-state index >= 15 is 0 Å². The largest absolute Gasteiger partial charge is 0.445 e. The molecule has 0 radical (unpaired) electrons. The highest BCUT2D eigenvalue weighted by atomic mass is 79.9. The Morgan fingerprint density at radius 2 is 1.27 bits per heavy atom. The molecule has 198 valence electrons. The minimum absolute atomic E-state index is 0.0158. The second-order valence-electron chi connectivity index (χ2n) is 8.08. The van der Waals surface area contributed by atoms with Gasteiger partial charge in [0.1, 0.15) is 24.7 Å². The monoisotopic (exact) mass is 575 g/mol. The van der Waals surface area contributed by atoms with Crippen molar-refractivity contribution in [1.29, 1.82) is 0 Å². The molecule has 2 aromatic carbocycles. The topological polar surface area (TPSA) is 155 Å². The van der Waals surface area contributed by atoms with Gasteiger partial charge < -0.3 is 20.7 Å². The first-order valence-corrected chi connectivity index (χ1v) is 12.6. The zero-order valence-corrected chi connectivity index (χ0v) is 22.0. The number of hydrazine groups is 1. The highest BCUT2D eigenvalue weighted by Gasteiger charge is 2.26. The van der Waals surface area contributed by atoms with Crippen molar-refractivity contribution in [1.82, 2.24) is 26.8 Å². The third-order valence-corrected chi connectivity index (χ3v) is 5.56. The molecule has 2 aromatic rings. The number of hydrogen-bond acceptors (Lipinski definition) is 6. The van der Waals surface area contributed by atoms with Crippen molar-refractivity contribution in [3.05, 3.63) is 71.8 Å². The molecule has 0 aromatic heterocycles. The van der Waals surface area contributed by atoms with E-state index in [0.29, 0.717) is 0 Å². The van der Waals surface area contributed by atoms with Crippen LogP contribution in [-0.2, 0) is 36.9 Å². The minimum atomic E-state index is -1.03. The normalized spacial score (nSPS) is 12.7. The van der Waals surface area contributed by atoms with Crippen LogP contribution in [0.1, 0.15) is 25.0 Å². The van der Waals surface area contributed by atoms with Gasteiger partial charge in [-0.15, -0.1) is 0 Å². The van der Waals surface area contributed by atoms with Gasteiger partial charge in [0.15, 0.2) is 0 Å². The highest BCUT2D eigenvalue weighted by Crippen LogP contribution is 2.04. The molecule has 5 amide bonds. The molecule has 0 saturated carbocycles. The van der Waals surface area contributed by atoms with Crippen LogP contribution in [0.2, 0.25) is 0 Å². The Morgan fingerprint density at radius 3 is 1.86 bits per heavy atom. The number of ether oxygens (including phenoxy) is 1. The number of benzene rings is 2. The van der Waals surface area contributed by atoms with Crippen LogP contribution < -0.4 is 26.8 Å². The third-order valence-electron chi connectivity index (χ3n) is 5.05. The molecule has 0 aliphatic rings. The average Bonchev–Trinajstić information content (AvgIpc) is 2.90. The minimum Gasteiger partial charge on any atom is -0.445 e. The second-order valence-corrected chi connectivity index (χ2v) is 8.64. The van der Waals surface area contributed by atoms with Crippen LogP contribution >= 0.6 is 15.9 Å². The van der Waals surface area contributed by atoms with E-state index in [0.717, 1.165) is 11.1 Å². The number of hydrogen-bond donors (Lipinski definition) is 5. The zero-order valence-electron chi connectivity index (χ0n) is 20.5. The molecular weight excluding hydrogens is 546 g/mol. The van der Waals surface area contributed by atoms with Crippen molar-refractivity contribution in [2.24, 2.45) is 0 Å². The number of carbonyl (C=O) groups excluding carboxylic acids is 5. The molecule has 37 heavy (non-hydrogen) atoms. The molecule has 0 saturated heterocycles. The maximum atomic E-state index is 12.8. The molecular formula is C25H30BrN5O6. The molecule has 0 heterocycles. The number of alkyl halides is 1. The van der Waals surface area contributed by atoms with Crippen LogP contribution in [-0.4, -0.2) is 53.2 Å². The fourth-order valence-electron chi connectivity index (χ4n) is 3.02. The van der Waals surface area contributed by atoms with E-state index in [1.54, 1.807) is 36.4 Å². The quantitative estimate of drug-likeness (QED) is 0.199. The molecule has 5 N–H and O–H groups in total. The molecule has 0 fully saturated rings. The van der Waals surface area contributed by atoms with Gasteiger partial charge in [0.05, 0.1) is 5.33 Å². The van der Waals surface area contributed by atoms with Gasteiger partial charge in [-0.3, -0.25) is 30.0 Å². The van der Waals surface area contributed by atoms with E-state index in [1.807, 2.05) is 24.3 Å².